The van der Waals surface area contributed by atoms with E-state index in [9.17, 15) is 9.90 Å². The summed E-state index contributed by atoms with van der Waals surface area (Å²) in [6.07, 6.45) is 3.42. The van der Waals surface area contributed by atoms with Crippen molar-refractivity contribution in [3.63, 3.8) is 0 Å². The highest BCUT2D eigenvalue weighted by Crippen LogP contribution is 2.39. The third-order valence-corrected chi connectivity index (χ3v) is 7.60. The average molecular weight is 542 g/mol. The lowest BCUT2D eigenvalue weighted by atomic mass is 9.98. The smallest absolute Gasteiger partial charge is 0.217 e. The first-order chi connectivity index (χ1) is 19.1. The Morgan fingerprint density at radius 2 is 1.67 bits per heavy atom. The summed E-state index contributed by atoms with van der Waals surface area (Å²) < 4.78 is 12.9. The molecule has 8 heteroatoms. The summed E-state index contributed by atoms with van der Waals surface area (Å²) in [7, 11) is 0. The molecule has 1 aromatic heterocycles. The largest absolute Gasteiger partial charge is 0.392 e. The number of benzene rings is 3. The van der Waals surface area contributed by atoms with Crippen molar-refractivity contribution in [1.29, 1.82) is 0 Å². The number of hydrogen-bond donors (Lipinski definition) is 2. The first kappa shape index (κ1) is 27.0. The molecule has 0 bridgehead atoms. The second-order valence-corrected chi connectivity index (χ2v) is 10.4. The van der Waals surface area contributed by atoms with E-state index in [0.29, 0.717) is 18.7 Å². The Morgan fingerprint density at radius 3 is 2.38 bits per heavy atom. The number of aliphatic hydroxyl groups excluding tert-OH is 1. The number of nitrogens with one attached hydrogen (secondary N) is 1. The maximum atomic E-state index is 11.4. The van der Waals surface area contributed by atoms with Crippen LogP contribution in [0.3, 0.4) is 0 Å². The molecule has 0 spiro atoms. The van der Waals surface area contributed by atoms with Gasteiger partial charge in [0.15, 0.2) is 11.4 Å². The summed E-state index contributed by atoms with van der Waals surface area (Å²) in [4.78, 5) is 20.1. The van der Waals surface area contributed by atoms with E-state index in [2.05, 4.69) is 33.5 Å². The minimum absolute atomic E-state index is 0.00811. The summed E-state index contributed by atoms with van der Waals surface area (Å²) >= 11 is 1.57. The van der Waals surface area contributed by atoms with Crippen LogP contribution in [0.2, 0.25) is 0 Å². The number of aromatic nitrogens is 2. The maximum Gasteiger partial charge on any atom is 0.217 e. The molecule has 3 aromatic carbocycles. The molecule has 2 heterocycles. The molecule has 3 atom stereocenters. The Balaban J connectivity index is 1.36. The molecule has 0 saturated carbocycles. The van der Waals surface area contributed by atoms with Gasteiger partial charge in [0.25, 0.3) is 0 Å². The van der Waals surface area contributed by atoms with Gasteiger partial charge in [-0.2, -0.15) is 0 Å². The van der Waals surface area contributed by atoms with E-state index in [0.717, 1.165) is 38.5 Å². The number of aliphatic hydroxyl groups is 1. The topological polar surface area (TPSA) is 93.6 Å². The lowest BCUT2D eigenvalue weighted by Crippen LogP contribution is -2.31. The van der Waals surface area contributed by atoms with Gasteiger partial charge in [-0.05, 0) is 33.9 Å². The van der Waals surface area contributed by atoms with Gasteiger partial charge in [0.1, 0.15) is 0 Å². The minimum Gasteiger partial charge on any atom is -0.392 e. The molecule has 2 N–H and O–H groups in total. The van der Waals surface area contributed by atoms with Crippen LogP contribution in [0.1, 0.15) is 48.0 Å². The zero-order valence-electron chi connectivity index (χ0n) is 21.7. The zero-order valence-corrected chi connectivity index (χ0v) is 22.5. The number of hydrogen-bond acceptors (Lipinski definition) is 7. The second kappa shape index (κ2) is 13.0. The van der Waals surface area contributed by atoms with Crippen molar-refractivity contribution < 1.29 is 19.4 Å². The molecule has 1 saturated heterocycles. The Kier molecular flexibility index (Phi) is 9.00. The maximum absolute atomic E-state index is 11.4. The molecule has 39 heavy (non-hydrogen) atoms. The number of thioether (sulfide) groups is 1. The fourth-order valence-corrected chi connectivity index (χ4v) is 5.37. The summed E-state index contributed by atoms with van der Waals surface area (Å²) in [6, 6.07) is 26.0. The van der Waals surface area contributed by atoms with Gasteiger partial charge >= 0.3 is 0 Å². The third kappa shape index (κ3) is 7.10. The van der Waals surface area contributed by atoms with E-state index in [-0.39, 0.29) is 24.7 Å². The third-order valence-electron chi connectivity index (χ3n) is 6.59. The quantitative estimate of drug-likeness (QED) is 0.210. The van der Waals surface area contributed by atoms with Crippen LogP contribution in [0.5, 0.6) is 0 Å². The number of carbonyl (C=O) groups excluding carboxylic acids is 1. The highest BCUT2D eigenvalue weighted by molar-refractivity contribution is 7.99. The summed E-state index contributed by atoms with van der Waals surface area (Å²) in [5.74, 6) is 0.641. The monoisotopic (exact) mass is 541 g/mol. The normalized spacial score (nSPS) is 19.0. The Labute approximate surface area is 232 Å². The van der Waals surface area contributed by atoms with Crippen molar-refractivity contribution in [2.75, 3.05) is 5.75 Å². The van der Waals surface area contributed by atoms with Crippen molar-refractivity contribution in [3.05, 3.63) is 114 Å². The van der Waals surface area contributed by atoms with Gasteiger partial charge in [-0.1, -0.05) is 84.6 Å². The van der Waals surface area contributed by atoms with Crippen LogP contribution in [0, 0.1) is 0 Å². The first-order valence-corrected chi connectivity index (χ1v) is 13.9. The van der Waals surface area contributed by atoms with Crippen LogP contribution in [0.15, 0.2) is 96.4 Å². The van der Waals surface area contributed by atoms with Crippen molar-refractivity contribution in [2.24, 2.45) is 0 Å². The molecule has 1 aliphatic heterocycles. The van der Waals surface area contributed by atoms with E-state index < -0.39 is 6.29 Å². The molecule has 0 radical (unpaired) electrons. The van der Waals surface area contributed by atoms with E-state index in [4.69, 9.17) is 9.47 Å². The first-order valence-electron chi connectivity index (χ1n) is 12.9. The van der Waals surface area contributed by atoms with Crippen LogP contribution in [0.25, 0.3) is 11.1 Å². The van der Waals surface area contributed by atoms with Crippen LogP contribution in [-0.4, -0.2) is 32.8 Å². The zero-order chi connectivity index (χ0) is 27.0. The lowest BCUT2D eigenvalue weighted by molar-refractivity contribution is -0.245. The number of nitrogens with zero attached hydrogens (tertiary/aromatic N) is 2. The molecule has 1 fully saturated rings. The number of ether oxygens (including phenoxy) is 2. The number of rotatable bonds is 9. The van der Waals surface area contributed by atoms with Gasteiger partial charge in [0.2, 0.25) is 5.91 Å². The molecule has 1 amide bonds. The van der Waals surface area contributed by atoms with E-state index in [1.807, 2.05) is 54.6 Å². The fraction of sp³-hybridized carbons (Fsp3) is 0.258. The fourth-order valence-electron chi connectivity index (χ4n) is 4.55. The highest BCUT2D eigenvalue weighted by Gasteiger charge is 2.32. The molecule has 0 aliphatic carbocycles. The SMILES string of the molecule is CC(=O)NCc1ccccc1-c1ccc([C@@H]2O[C@H](CSc3ncccn3)C[C@H](c3ccc(CO)cc3)O2)cc1. The minimum atomic E-state index is -0.535. The van der Waals surface area contributed by atoms with Crippen molar-refractivity contribution >= 4 is 17.7 Å². The number of carbonyl (C=O) groups is 1. The molecule has 4 aromatic rings. The summed E-state index contributed by atoms with van der Waals surface area (Å²) in [6.45, 7) is 2.01. The number of amides is 1. The standard InChI is InChI=1S/C31H31N3O4S/c1-21(36)34-18-26-5-2-3-6-28(26)23-11-13-25(14-12-23)30-37-27(20-39-31-32-15-4-16-33-31)17-29(38-30)24-9-7-22(19-35)8-10-24/h2-16,27,29-30,35H,17-20H2,1H3,(H,34,36)/t27-,29+,30+/m0/s1. The van der Waals surface area contributed by atoms with E-state index in [1.54, 1.807) is 30.2 Å². The Bertz CT molecular complexity index is 1370. The van der Waals surface area contributed by atoms with Crippen molar-refractivity contribution in [2.45, 2.75) is 50.2 Å². The molecular weight excluding hydrogens is 510 g/mol. The predicted octanol–water partition coefficient (Wildman–Crippen LogP) is 5.61. The van der Waals surface area contributed by atoms with Crippen LogP contribution in [-0.2, 0) is 27.4 Å². The lowest BCUT2D eigenvalue weighted by Gasteiger charge is -2.36. The van der Waals surface area contributed by atoms with Crippen LogP contribution in [0.4, 0.5) is 0 Å². The molecule has 1 aliphatic rings. The Morgan fingerprint density at radius 1 is 0.949 bits per heavy atom. The summed E-state index contributed by atoms with van der Waals surface area (Å²) in [5.41, 5.74) is 6.03. The molecular formula is C31H31N3O4S. The Hall–Kier alpha value is -3.56. The van der Waals surface area contributed by atoms with Crippen molar-refractivity contribution in [3.8, 4) is 11.1 Å². The van der Waals surface area contributed by atoms with Gasteiger partial charge in [0, 0.05) is 43.6 Å². The van der Waals surface area contributed by atoms with Gasteiger partial charge in [-0.15, -0.1) is 0 Å². The van der Waals surface area contributed by atoms with E-state index >= 15 is 0 Å². The molecule has 0 unspecified atom stereocenters. The molecule has 5 rings (SSSR count). The van der Waals surface area contributed by atoms with Gasteiger partial charge in [0.05, 0.1) is 18.8 Å². The van der Waals surface area contributed by atoms with E-state index in [1.165, 1.54) is 6.92 Å². The molecule has 7 nitrogen and oxygen atoms in total. The molecule has 200 valence electrons. The van der Waals surface area contributed by atoms with Gasteiger partial charge in [-0.3, -0.25) is 4.79 Å². The van der Waals surface area contributed by atoms with Crippen LogP contribution >= 0.6 is 11.8 Å². The van der Waals surface area contributed by atoms with Gasteiger partial charge < -0.3 is 19.9 Å². The van der Waals surface area contributed by atoms with Crippen molar-refractivity contribution in [1.82, 2.24) is 15.3 Å². The highest BCUT2D eigenvalue weighted by atomic mass is 32.2. The summed E-state index contributed by atoms with van der Waals surface area (Å²) in [5, 5.41) is 13.0. The predicted molar refractivity (Wildman–Crippen MR) is 151 cm³/mol. The van der Waals surface area contributed by atoms with Gasteiger partial charge in [-0.25, -0.2) is 9.97 Å². The second-order valence-electron chi connectivity index (χ2n) is 9.38. The van der Waals surface area contributed by atoms with Crippen LogP contribution < -0.4 is 5.32 Å². The average Bonchev–Trinajstić information content (AvgIpc) is 2.99.